The van der Waals surface area contributed by atoms with E-state index < -0.39 is 47.3 Å². The van der Waals surface area contributed by atoms with Crippen molar-refractivity contribution in [3.63, 3.8) is 0 Å². The number of aromatic carboxylic acids is 1. The molecule has 0 saturated heterocycles. The molecule has 0 aliphatic carbocycles. The van der Waals surface area contributed by atoms with Gasteiger partial charge in [-0.3, -0.25) is 9.69 Å². The average molecular weight is 847 g/mol. The van der Waals surface area contributed by atoms with Crippen LogP contribution >= 0.6 is 23.2 Å². The monoisotopic (exact) mass is 845 g/mol. The first-order valence-electron chi connectivity index (χ1n) is 17.3. The Hall–Kier alpha value is -6.00. The van der Waals surface area contributed by atoms with Crippen molar-refractivity contribution in [2.75, 3.05) is 5.32 Å². The number of hydrogen-bond donors (Lipinski definition) is 4. The number of rotatable bonds is 9. The number of fused-ring (bicyclic) bond motifs is 1. The summed E-state index contributed by atoms with van der Waals surface area (Å²) in [7, 11) is 0. The van der Waals surface area contributed by atoms with Gasteiger partial charge in [0.05, 0.1) is 44.3 Å². The number of hydrogen-bond acceptors (Lipinski definition) is 7. The highest BCUT2D eigenvalue weighted by Gasteiger charge is 2.31. The van der Waals surface area contributed by atoms with E-state index in [0.29, 0.717) is 33.4 Å². The summed E-state index contributed by atoms with van der Waals surface area (Å²) in [5.41, 5.74) is 1.38. The predicted molar refractivity (Wildman–Crippen MR) is 212 cm³/mol. The van der Waals surface area contributed by atoms with Crippen LogP contribution in [-0.2, 0) is 17.8 Å². The van der Waals surface area contributed by atoms with Crippen LogP contribution in [0.2, 0.25) is 10.0 Å². The molecule has 0 aliphatic heterocycles. The maximum absolute atomic E-state index is 13.2. The maximum Gasteiger partial charge on any atom is 0.573 e. The van der Waals surface area contributed by atoms with Crippen LogP contribution < -0.4 is 15.4 Å². The Kier molecular flexibility index (Phi) is 13.9. The first kappa shape index (κ1) is 44.7. The molecular formula is C40H40Cl2F3N5O8. The molecule has 4 N–H and O–H groups in total. The number of halogens is 5. The molecule has 0 aliphatic rings. The molecule has 5 rings (SSSR count). The number of alkyl carbamates (subject to hydrolysis) is 1. The van der Waals surface area contributed by atoms with E-state index in [1.165, 1.54) is 58.2 Å². The van der Waals surface area contributed by atoms with Gasteiger partial charge in [-0.05, 0) is 101 Å². The molecule has 0 fully saturated rings. The Balaban J connectivity index is 0.000000329. The van der Waals surface area contributed by atoms with Gasteiger partial charge in [0.25, 0.3) is 5.91 Å². The Morgan fingerprint density at radius 2 is 1.45 bits per heavy atom. The molecule has 1 heterocycles. The zero-order valence-corrected chi connectivity index (χ0v) is 33.6. The van der Waals surface area contributed by atoms with E-state index in [4.69, 9.17) is 33.0 Å². The summed E-state index contributed by atoms with van der Waals surface area (Å²) >= 11 is 12.1. The van der Waals surface area contributed by atoms with Gasteiger partial charge >= 0.3 is 24.5 Å². The second-order valence-corrected chi connectivity index (χ2v) is 15.4. The number of alkyl halides is 3. The highest BCUT2D eigenvalue weighted by atomic mass is 35.5. The van der Waals surface area contributed by atoms with Crippen LogP contribution in [0.15, 0.2) is 85.1 Å². The van der Waals surface area contributed by atoms with Crippen molar-refractivity contribution < 1.29 is 52.0 Å². The standard InChI is InChI=1S/C27H24ClF3N4O4.C13H16ClNO4/c1-26(2,3)34(25(37)38)15-16-10-11-21(28)19(12-16)24(36)33-22-8-5-9-23-20(22)14-32-35(23)17-6-4-7-18(13-17)39-27(29,30)31;1-13(2,3)19-12(18)15-7-8-4-5-10(14)9(6-8)11(16)17/h4-14H,15H2,1-3H3,(H,33,36)(H,37,38);4-6H,7H2,1-3H3,(H,15,18)(H,16,17). The topological polar surface area (TPSA) is 172 Å². The molecule has 4 aromatic carbocycles. The number of ether oxygens (including phenoxy) is 2. The highest BCUT2D eigenvalue weighted by molar-refractivity contribution is 6.34. The van der Waals surface area contributed by atoms with Gasteiger partial charge in [0.2, 0.25) is 0 Å². The molecule has 308 valence electrons. The van der Waals surface area contributed by atoms with E-state index in [9.17, 15) is 37.5 Å². The molecule has 0 saturated carbocycles. The van der Waals surface area contributed by atoms with E-state index in [1.54, 1.807) is 77.9 Å². The van der Waals surface area contributed by atoms with Crippen molar-refractivity contribution in [3.05, 3.63) is 117 Å². The molecular weight excluding hydrogens is 806 g/mol. The number of carboxylic acid groups (broad SMARTS) is 2. The number of carbonyl (C=O) groups is 4. The van der Waals surface area contributed by atoms with Crippen LogP contribution in [0.4, 0.5) is 28.4 Å². The molecule has 58 heavy (non-hydrogen) atoms. The lowest BCUT2D eigenvalue weighted by molar-refractivity contribution is -0.274. The molecule has 0 spiro atoms. The third-order valence-electron chi connectivity index (χ3n) is 7.91. The van der Waals surface area contributed by atoms with Crippen molar-refractivity contribution in [2.45, 2.75) is 72.1 Å². The van der Waals surface area contributed by atoms with Gasteiger partial charge < -0.3 is 30.3 Å². The van der Waals surface area contributed by atoms with Gasteiger partial charge in [0, 0.05) is 30.1 Å². The van der Waals surface area contributed by atoms with E-state index in [1.807, 2.05) is 0 Å². The number of carbonyl (C=O) groups excluding carboxylic acids is 2. The summed E-state index contributed by atoms with van der Waals surface area (Å²) in [6.45, 7) is 10.8. The second-order valence-electron chi connectivity index (χ2n) is 14.6. The predicted octanol–water partition coefficient (Wildman–Crippen LogP) is 10.2. The van der Waals surface area contributed by atoms with Crippen LogP contribution in [0.5, 0.6) is 5.75 Å². The van der Waals surface area contributed by atoms with Crippen LogP contribution in [0.1, 0.15) is 73.4 Å². The molecule has 0 unspecified atom stereocenters. The molecule has 18 heteroatoms. The summed E-state index contributed by atoms with van der Waals surface area (Å²) in [5.74, 6) is -2.03. The minimum Gasteiger partial charge on any atom is -0.478 e. The van der Waals surface area contributed by atoms with Gasteiger partial charge in [-0.15, -0.1) is 13.2 Å². The molecule has 13 nitrogen and oxygen atoms in total. The van der Waals surface area contributed by atoms with Crippen molar-refractivity contribution >= 4 is 63.9 Å². The van der Waals surface area contributed by atoms with E-state index in [2.05, 4.69) is 20.5 Å². The Morgan fingerprint density at radius 3 is 2.05 bits per heavy atom. The molecule has 0 atom stereocenters. The summed E-state index contributed by atoms with van der Waals surface area (Å²) in [6.07, 6.45) is -5.00. The quantitative estimate of drug-likeness (QED) is 0.113. The Bertz CT molecular complexity index is 2320. The first-order valence-corrected chi connectivity index (χ1v) is 18.1. The fraction of sp³-hybridized carbons (Fsp3) is 0.275. The smallest absolute Gasteiger partial charge is 0.478 e. The minimum atomic E-state index is -4.83. The largest absolute Gasteiger partial charge is 0.573 e. The van der Waals surface area contributed by atoms with Gasteiger partial charge in [0.15, 0.2) is 0 Å². The highest BCUT2D eigenvalue weighted by Crippen LogP contribution is 2.30. The summed E-state index contributed by atoms with van der Waals surface area (Å²) in [6, 6.07) is 19.7. The van der Waals surface area contributed by atoms with E-state index in [-0.39, 0.29) is 34.3 Å². The third-order valence-corrected chi connectivity index (χ3v) is 8.57. The van der Waals surface area contributed by atoms with Gasteiger partial charge in [-0.2, -0.15) is 5.10 Å². The molecule has 5 aromatic rings. The maximum atomic E-state index is 13.2. The average Bonchev–Trinajstić information content (AvgIpc) is 3.54. The number of nitrogens with zero attached hydrogens (tertiary/aromatic N) is 3. The fourth-order valence-electron chi connectivity index (χ4n) is 5.32. The lowest BCUT2D eigenvalue weighted by atomic mass is 10.0. The lowest BCUT2D eigenvalue weighted by Crippen LogP contribution is -2.44. The van der Waals surface area contributed by atoms with Crippen molar-refractivity contribution in [1.82, 2.24) is 20.0 Å². The molecule has 3 amide bonds. The Labute approximate surface area is 341 Å². The van der Waals surface area contributed by atoms with Gasteiger partial charge in [-0.25, -0.2) is 19.1 Å². The zero-order chi connectivity index (χ0) is 43.2. The third kappa shape index (κ3) is 12.5. The van der Waals surface area contributed by atoms with E-state index in [0.717, 1.165) is 0 Å². The summed E-state index contributed by atoms with van der Waals surface area (Å²) < 4.78 is 48.5. The van der Waals surface area contributed by atoms with Crippen molar-refractivity contribution in [2.24, 2.45) is 0 Å². The number of benzene rings is 4. The zero-order valence-electron chi connectivity index (χ0n) is 32.1. The van der Waals surface area contributed by atoms with E-state index >= 15 is 0 Å². The second kappa shape index (κ2) is 18.1. The first-order chi connectivity index (χ1) is 26.9. The number of aromatic nitrogens is 2. The van der Waals surface area contributed by atoms with Crippen molar-refractivity contribution in [1.29, 1.82) is 0 Å². The SMILES string of the molecule is CC(C)(C)N(Cc1ccc(Cl)c(C(=O)Nc2cccc3c2cnn3-c2cccc(OC(F)(F)F)c2)c1)C(=O)O.CC(C)(C)OC(=O)NCc1ccc(Cl)c(C(=O)O)c1. The van der Waals surface area contributed by atoms with Crippen LogP contribution in [-0.4, -0.2) is 66.5 Å². The van der Waals surface area contributed by atoms with Gasteiger partial charge in [-0.1, -0.05) is 47.5 Å². The Morgan fingerprint density at radius 1 is 0.828 bits per heavy atom. The normalized spacial score (nSPS) is 11.6. The van der Waals surface area contributed by atoms with Crippen molar-refractivity contribution in [3.8, 4) is 11.4 Å². The molecule has 0 radical (unpaired) electrons. The van der Waals surface area contributed by atoms with Crippen LogP contribution in [0.3, 0.4) is 0 Å². The lowest BCUT2D eigenvalue weighted by Gasteiger charge is -2.33. The van der Waals surface area contributed by atoms with Gasteiger partial charge in [0.1, 0.15) is 11.4 Å². The van der Waals surface area contributed by atoms with Crippen LogP contribution in [0.25, 0.3) is 16.6 Å². The number of carboxylic acids is 1. The van der Waals surface area contributed by atoms with Crippen LogP contribution in [0, 0.1) is 0 Å². The summed E-state index contributed by atoms with van der Waals surface area (Å²) in [4.78, 5) is 48.6. The number of anilines is 1. The minimum absolute atomic E-state index is 0.00477. The fourth-order valence-corrected chi connectivity index (χ4v) is 5.72. The molecule has 1 aromatic heterocycles. The number of amides is 3. The summed E-state index contributed by atoms with van der Waals surface area (Å²) in [5, 5.41) is 29.0. The number of nitrogens with one attached hydrogen (secondary N) is 2. The molecule has 0 bridgehead atoms.